The van der Waals surface area contributed by atoms with Gasteiger partial charge in [0.25, 0.3) is 15.9 Å². The fourth-order valence-corrected chi connectivity index (χ4v) is 5.69. The van der Waals surface area contributed by atoms with Gasteiger partial charge in [-0.3, -0.25) is 9.10 Å². The molecule has 1 N–H and O–H groups in total. The van der Waals surface area contributed by atoms with Crippen LogP contribution >= 0.6 is 0 Å². The van der Waals surface area contributed by atoms with E-state index >= 15 is 0 Å². The van der Waals surface area contributed by atoms with Gasteiger partial charge in [-0.25, -0.2) is 13.2 Å². The van der Waals surface area contributed by atoms with E-state index in [2.05, 4.69) is 5.32 Å². The van der Waals surface area contributed by atoms with Crippen LogP contribution in [0, 0.1) is 0 Å². The summed E-state index contributed by atoms with van der Waals surface area (Å²) < 4.78 is 33.1. The normalized spacial score (nSPS) is 17.3. The van der Waals surface area contributed by atoms with Crippen LogP contribution in [-0.4, -0.2) is 39.0 Å². The van der Waals surface area contributed by atoms with Crippen molar-refractivity contribution in [2.45, 2.75) is 56.1 Å². The third-order valence-electron chi connectivity index (χ3n) is 5.86. The first kappa shape index (κ1) is 21.4. The average Bonchev–Trinajstić information content (AvgIpc) is 3.43. The van der Waals surface area contributed by atoms with Crippen LogP contribution in [-0.2, 0) is 26.0 Å². The number of anilines is 1. The van der Waals surface area contributed by atoms with E-state index < -0.39 is 22.1 Å². The number of carbonyl (C=O) groups is 2. The molecule has 1 heterocycles. The van der Waals surface area contributed by atoms with Gasteiger partial charge in [-0.2, -0.15) is 0 Å². The Hall–Kier alpha value is -2.87. The van der Waals surface area contributed by atoms with E-state index in [1.807, 2.05) is 12.1 Å². The molecule has 2 aromatic carbocycles. The van der Waals surface area contributed by atoms with Crippen molar-refractivity contribution in [3.8, 4) is 0 Å². The second-order valence-corrected chi connectivity index (χ2v) is 9.88. The highest BCUT2D eigenvalue weighted by atomic mass is 32.2. The van der Waals surface area contributed by atoms with Crippen LogP contribution in [0.15, 0.2) is 53.4 Å². The Labute approximate surface area is 182 Å². The minimum atomic E-state index is -3.82. The number of carbonyl (C=O) groups excluding carboxylic acids is 2. The van der Waals surface area contributed by atoms with E-state index in [0.717, 1.165) is 31.2 Å². The molecular formula is C23H26N2O5S. The molecule has 8 heteroatoms. The van der Waals surface area contributed by atoms with Crippen LogP contribution in [0.2, 0.25) is 0 Å². The van der Waals surface area contributed by atoms with Crippen molar-refractivity contribution in [3.05, 3.63) is 59.7 Å². The van der Waals surface area contributed by atoms with Gasteiger partial charge in [0, 0.05) is 12.6 Å². The molecule has 31 heavy (non-hydrogen) atoms. The molecular weight excluding hydrogens is 416 g/mol. The predicted molar refractivity (Wildman–Crippen MR) is 116 cm³/mol. The van der Waals surface area contributed by atoms with E-state index in [9.17, 15) is 18.0 Å². The maximum absolute atomic E-state index is 13.2. The van der Waals surface area contributed by atoms with Gasteiger partial charge in [-0.05, 0) is 56.0 Å². The molecule has 0 saturated heterocycles. The first-order valence-electron chi connectivity index (χ1n) is 10.6. The number of nitrogens with one attached hydrogen (secondary N) is 1. The van der Waals surface area contributed by atoms with E-state index in [1.165, 1.54) is 35.5 Å². The average molecular weight is 443 g/mol. The molecule has 0 radical (unpaired) electrons. The molecule has 2 aliphatic rings. The molecule has 1 atom stereocenters. The third kappa shape index (κ3) is 4.44. The first-order valence-corrected chi connectivity index (χ1v) is 12.0. The SMILES string of the molecule is CC(OC(=O)c1cccc(S(=O)(=O)N2CCc3ccccc32)c1)C(=O)NC1CCCC1. The number of amides is 1. The molecule has 1 amide bonds. The number of para-hydroxylation sites is 1. The number of rotatable bonds is 6. The summed E-state index contributed by atoms with van der Waals surface area (Å²) in [5, 5.41) is 2.90. The summed E-state index contributed by atoms with van der Waals surface area (Å²) >= 11 is 0. The van der Waals surface area contributed by atoms with E-state index in [0.29, 0.717) is 18.7 Å². The Kier molecular flexibility index (Phi) is 6.00. The molecule has 1 aliphatic carbocycles. The summed E-state index contributed by atoms with van der Waals surface area (Å²) in [6.07, 6.45) is 3.73. The summed E-state index contributed by atoms with van der Waals surface area (Å²) in [6.45, 7) is 1.87. The van der Waals surface area contributed by atoms with Crippen molar-refractivity contribution < 1.29 is 22.7 Å². The molecule has 7 nitrogen and oxygen atoms in total. The van der Waals surface area contributed by atoms with Crippen LogP contribution in [0.5, 0.6) is 0 Å². The minimum Gasteiger partial charge on any atom is -0.449 e. The van der Waals surface area contributed by atoms with Crippen molar-refractivity contribution in [3.63, 3.8) is 0 Å². The van der Waals surface area contributed by atoms with Gasteiger partial charge < -0.3 is 10.1 Å². The van der Waals surface area contributed by atoms with Crippen molar-refractivity contribution >= 4 is 27.6 Å². The molecule has 164 valence electrons. The lowest BCUT2D eigenvalue weighted by molar-refractivity contribution is -0.129. The summed E-state index contributed by atoms with van der Waals surface area (Å²) in [5.74, 6) is -1.06. The number of fused-ring (bicyclic) bond motifs is 1. The molecule has 0 bridgehead atoms. The highest BCUT2D eigenvalue weighted by Gasteiger charge is 2.31. The van der Waals surface area contributed by atoms with Gasteiger partial charge in [-0.15, -0.1) is 0 Å². The highest BCUT2D eigenvalue weighted by Crippen LogP contribution is 2.32. The molecule has 4 rings (SSSR count). The Morgan fingerprint density at radius 3 is 2.61 bits per heavy atom. The molecule has 1 unspecified atom stereocenters. The molecule has 1 aliphatic heterocycles. The van der Waals surface area contributed by atoms with Gasteiger partial charge >= 0.3 is 5.97 Å². The van der Waals surface area contributed by atoms with Crippen LogP contribution in [0.3, 0.4) is 0 Å². The second-order valence-electron chi connectivity index (χ2n) is 8.02. The topological polar surface area (TPSA) is 92.8 Å². The molecule has 0 spiro atoms. The number of nitrogens with zero attached hydrogens (tertiary/aromatic N) is 1. The zero-order valence-electron chi connectivity index (χ0n) is 17.4. The molecule has 2 aromatic rings. The summed E-state index contributed by atoms with van der Waals surface area (Å²) in [5.41, 5.74) is 1.73. The van der Waals surface area contributed by atoms with Gasteiger partial charge in [0.2, 0.25) is 0 Å². The zero-order chi connectivity index (χ0) is 22.0. The predicted octanol–water partition coefficient (Wildman–Crippen LogP) is 3.04. The number of benzene rings is 2. The number of hydrogen-bond donors (Lipinski definition) is 1. The number of sulfonamides is 1. The summed E-state index contributed by atoms with van der Waals surface area (Å²) in [7, 11) is -3.82. The summed E-state index contributed by atoms with van der Waals surface area (Å²) in [6, 6.07) is 13.3. The van der Waals surface area contributed by atoms with Crippen LogP contribution in [0.4, 0.5) is 5.69 Å². The van der Waals surface area contributed by atoms with Crippen molar-refractivity contribution in [2.75, 3.05) is 10.8 Å². The van der Waals surface area contributed by atoms with Crippen molar-refractivity contribution in [1.29, 1.82) is 0 Å². The fraction of sp³-hybridized carbons (Fsp3) is 0.391. The third-order valence-corrected chi connectivity index (χ3v) is 7.67. The number of ether oxygens (including phenoxy) is 1. The quantitative estimate of drug-likeness (QED) is 0.694. The lowest BCUT2D eigenvalue weighted by Gasteiger charge is -2.20. The Balaban J connectivity index is 1.47. The first-order chi connectivity index (χ1) is 14.9. The van der Waals surface area contributed by atoms with Crippen molar-refractivity contribution in [2.24, 2.45) is 0 Å². The number of esters is 1. The summed E-state index contributed by atoms with van der Waals surface area (Å²) in [4.78, 5) is 24.9. The molecule has 0 aromatic heterocycles. The monoisotopic (exact) mass is 442 g/mol. The standard InChI is InChI=1S/C23H26N2O5S/c1-16(22(26)24-19-9-3-4-10-19)30-23(27)18-8-6-11-20(15-18)31(28,29)25-14-13-17-7-2-5-12-21(17)25/h2,5-8,11-12,15-16,19H,3-4,9-10,13-14H2,1H3,(H,24,26). The lowest BCUT2D eigenvalue weighted by Crippen LogP contribution is -2.40. The van der Waals surface area contributed by atoms with E-state index in [-0.39, 0.29) is 22.4 Å². The van der Waals surface area contributed by atoms with Crippen molar-refractivity contribution in [1.82, 2.24) is 5.32 Å². The van der Waals surface area contributed by atoms with E-state index in [1.54, 1.807) is 12.1 Å². The second kappa shape index (κ2) is 8.70. The van der Waals surface area contributed by atoms with Crippen LogP contribution < -0.4 is 9.62 Å². The zero-order valence-corrected chi connectivity index (χ0v) is 18.2. The van der Waals surface area contributed by atoms with Gasteiger partial charge in [0.15, 0.2) is 6.10 Å². The maximum Gasteiger partial charge on any atom is 0.338 e. The lowest BCUT2D eigenvalue weighted by atomic mass is 10.2. The largest absolute Gasteiger partial charge is 0.449 e. The van der Waals surface area contributed by atoms with E-state index in [4.69, 9.17) is 4.74 Å². The minimum absolute atomic E-state index is 0.0155. The smallest absolute Gasteiger partial charge is 0.338 e. The molecule has 1 fully saturated rings. The van der Waals surface area contributed by atoms with Crippen LogP contribution in [0.25, 0.3) is 0 Å². The fourth-order valence-electron chi connectivity index (χ4n) is 4.14. The Morgan fingerprint density at radius 2 is 1.84 bits per heavy atom. The van der Waals surface area contributed by atoms with Gasteiger partial charge in [0.05, 0.1) is 16.1 Å². The maximum atomic E-state index is 13.2. The van der Waals surface area contributed by atoms with Crippen LogP contribution in [0.1, 0.15) is 48.5 Å². The highest BCUT2D eigenvalue weighted by molar-refractivity contribution is 7.92. The Bertz CT molecular complexity index is 1090. The number of hydrogen-bond acceptors (Lipinski definition) is 5. The van der Waals surface area contributed by atoms with Gasteiger partial charge in [0.1, 0.15) is 0 Å². The van der Waals surface area contributed by atoms with Gasteiger partial charge in [-0.1, -0.05) is 37.1 Å². The Morgan fingerprint density at radius 1 is 1.10 bits per heavy atom. The molecule has 1 saturated carbocycles.